The van der Waals surface area contributed by atoms with E-state index in [1.165, 1.54) is 6.92 Å². The summed E-state index contributed by atoms with van der Waals surface area (Å²) >= 11 is 0. The Labute approximate surface area is 156 Å². The third kappa shape index (κ3) is 6.06. The molecule has 0 saturated heterocycles. The lowest BCUT2D eigenvalue weighted by Crippen LogP contribution is -2.30. The van der Waals surface area contributed by atoms with E-state index in [1.807, 2.05) is 31.2 Å². The molecule has 0 fully saturated rings. The van der Waals surface area contributed by atoms with Gasteiger partial charge in [-0.3, -0.25) is 9.59 Å². The van der Waals surface area contributed by atoms with Crippen LogP contribution in [-0.4, -0.2) is 24.6 Å². The number of aryl methyl sites for hydroxylation is 1. The second kappa shape index (κ2) is 9.66. The number of nitrogens with one attached hydrogen (secondary N) is 1. The Kier molecular flexibility index (Phi) is 7.28. The Hall–Kier alpha value is -2.96. The summed E-state index contributed by atoms with van der Waals surface area (Å²) in [6.45, 7) is 3.76. The first kappa shape index (κ1) is 20.4. The van der Waals surface area contributed by atoms with E-state index in [1.54, 1.807) is 0 Å². The summed E-state index contributed by atoms with van der Waals surface area (Å²) < 4.78 is 37.0. The van der Waals surface area contributed by atoms with E-state index in [0.29, 0.717) is 24.8 Å². The van der Waals surface area contributed by atoms with E-state index in [9.17, 15) is 18.4 Å². The minimum atomic E-state index is -1.12. The molecule has 0 unspecified atom stereocenters. The summed E-state index contributed by atoms with van der Waals surface area (Å²) in [5, 5.41) is 2.26. The highest BCUT2D eigenvalue weighted by atomic mass is 19.1. The van der Waals surface area contributed by atoms with Crippen molar-refractivity contribution in [2.75, 3.05) is 11.9 Å². The largest absolute Gasteiger partial charge is 0.494 e. The second-order valence-corrected chi connectivity index (χ2v) is 5.79. The number of benzene rings is 2. The molecule has 0 aliphatic heterocycles. The summed E-state index contributed by atoms with van der Waals surface area (Å²) in [7, 11) is 0. The maximum absolute atomic E-state index is 13.6. The monoisotopic (exact) mass is 377 g/mol. The number of amides is 1. The number of carbonyl (C=O) groups is 2. The third-order valence-electron chi connectivity index (χ3n) is 3.74. The van der Waals surface area contributed by atoms with Crippen LogP contribution in [0.1, 0.15) is 25.8 Å². The molecule has 0 saturated carbocycles. The number of esters is 1. The van der Waals surface area contributed by atoms with Gasteiger partial charge in [0.25, 0.3) is 5.91 Å². The SMILES string of the molecule is CCOc1ccccc1CCC(=O)O[C@@H](C)C(=O)Nc1ccc(F)cc1F. The lowest BCUT2D eigenvalue weighted by Gasteiger charge is -2.14. The molecule has 2 aromatic rings. The summed E-state index contributed by atoms with van der Waals surface area (Å²) in [6, 6.07) is 10.1. The van der Waals surface area contributed by atoms with Crippen molar-refractivity contribution in [1.29, 1.82) is 0 Å². The quantitative estimate of drug-likeness (QED) is 0.710. The number of rotatable bonds is 8. The molecule has 0 aromatic heterocycles. The molecule has 2 aromatic carbocycles. The Morgan fingerprint density at radius 3 is 2.59 bits per heavy atom. The number of anilines is 1. The number of para-hydroxylation sites is 1. The molecule has 5 nitrogen and oxygen atoms in total. The van der Waals surface area contributed by atoms with Crippen LogP contribution in [0.2, 0.25) is 0 Å². The molecule has 27 heavy (non-hydrogen) atoms. The summed E-state index contributed by atoms with van der Waals surface area (Å²) in [4.78, 5) is 24.0. The van der Waals surface area contributed by atoms with Gasteiger partial charge in [-0.15, -0.1) is 0 Å². The number of carbonyl (C=O) groups excluding carboxylic acids is 2. The van der Waals surface area contributed by atoms with Crippen molar-refractivity contribution in [2.45, 2.75) is 32.8 Å². The Morgan fingerprint density at radius 1 is 1.15 bits per heavy atom. The van der Waals surface area contributed by atoms with E-state index in [2.05, 4.69) is 5.32 Å². The highest BCUT2D eigenvalue weighted by Crippen LogP contribution is 2.20. The normalized spacial score (nSPS) is 11.6. The van der Waals surface area contributed by atoms with E-state index in [4.69, 9.17) is 9.47 Å². The van der Waals surface area contributed by atoms with Crippen LogP contribution in [0.3, 0.4) is 0 Å². The maximum Gasteiger partial charge on any atom is 0.306 e. The number of hydrogen-bond acceptors (Lipinski definition) is 4. The van der Waals surface area contributed by atoms with Crippen LogP contribution >= 0.6 is 0 Å². The molecule has 0 aliphatic carbocycles. The Morgan fingerprint density at radius 2 is 1.89 bits per heavy atom. The highest BCUT2D eigenvalue weighted by molar-refractivity contribution is 5.95. The minimum Gasteiger partial charge on any atom is -0.494 e. The van der Waals surface area contributed by atoms with Crippen LogP contribution in [0.15, 0.2) is 42.5 Å². The van der Waals surface area contributed by atoms with Crippen molar-refractivity contribution in [3.05, 3.63) is 59.7 Å². The Bertz CT molecular complexity index is 810. The van der Waals surface area contributed by atoms with Crippen molar-refractivity contribution in [1.82, 2.24) is 0 Å². The zero-order valence-electron chi connectivity index (χ0n) is 15.1. The molecule has 1 atom stereocenters. The van der Waals surface area contributed by atoms with Gasteiger partial charge in [0.2, 0.25) is 0 Å². The van der Waals surface area contributed by atoms with Gasteiger partial charge in [-0.05, 0) is 44.0 Å². The predicted octanol–water partition coefficient (Wildman–Crippen LogP) is 3.87. The first-order chi connectivity index (χ1) is 12.9. The molecule has 0 spiro atoms. The fourth-order valence-corrected chi connectivity index (χ4v) is 2.38. The van der Waals surface area contributed by atoms with Gasteiger partial charge in [-0.1, -0.05) is 18.2 Å². The second-order valence-electron chi connectivity index (χ2n) is 5.79. The van der Waals surface area contributed by atoms with E-state index >= 15 is 0 Å². The molecular weight excluding hydrogens is 356 g/mol. The van der Waals surface area contributed by atoms with Gasteiger partial charge in [-0.25, -0.2) is 8.78 Å². The number of ether oxygens (including phenoxy) is 2. The number of halogens is 2. The average Bonchev–Trinajstić information content (AvgIpc) is 2.63. The van der Waals surface area contributed by atoms with Crippen molar-refractivity contribution in [3.8, 4) is 5.75 Å². The summed E-state index contributed by atoms with van der Waals surface area (Å²) in [5.41, 5.74) is 0.678. The van der Waals surface area contributed by atoms with Crippen molar-refractivity contribution in [2.24, 2.45) is 0 Å². The van der Waals surface area contributed by atoms with Crippen molar-refractivity contribution < 1.29 is 27.8 Å². The van der Waals surface area contributed by atoms with Crippen LogP contribution in [-0.2, 0) is 20.7 Å². The minimum absolute atomic E-state index is 0.0621. The highest BCUT2D eigenvalue weighted by Gasteiger charge is 2.19. The molecule has 144 valence electrons. The van der Waals surface area contributed by atoms with Crippen LogP contribution in [0.4, 0.5) is 14.5 Å². The summed E-state index contributed by atoms with van der Waals surface area (Å²) in [6.07, 6.45) is -0.660. The van der Waals surface area contributed by atoms with Gasteiger partial charge in [0.1, 0.15) is 17.4 Å². The standard InChI is InChI=1S/C20H21F2NO4/c1-3-26-18-7-5-4-6-14(18)8-11-19(24)27-13(2)20(25)23-17-10-9-15(21)12-16(17)22/h4-7,9-10,12-13H,3,8,11H2,1-2H3,(H,23,25)/t13-/m0/s1. The smallest absolute Gasteiger partial charge is 0.306 e. The van der Waals surface area contributed by atoms with Gasteiger partial charge in [-0.2, -0.15) is 0 Å². The van der Waals surface area contributed by atoms with Crippen molar-refractivity contribution in [3.63, 3.8) is 0 Å². The topological polar surface area (TPSA) is 64.6 Å². The molecule has 2 rings (SSSR count). The fourth-order valence-electron chi connectivity index (χ4n) is 2.38. The number of hydrogen-bond donors (Lipinski definition) is 1. The van der Waals surface area contributed by atoms with Gasteiger partial charge in [0.15, 0.2) is 6.10 Å². The first-order valence-corrected chi connectivity index (χ1v) is 8.56. The molecule has 0 heterocycles. The van der Waals surface area contributed by atoms with E-state index in [0.717, 1.165) is 17.7 Å². The molecular formula is C20H21F2NO4. The van der Waals surface area contributed by atoms with E-state index in [-0.39, 0.29) is 12.1 Å². The Balaban J connectivity index is 1.87. The molecule has 0 bridgehead atoms. The lowest BCUT2D eigenvalue weighted by molar-refractivity contribution is -0.153. The predicted molar refractivity (Wildman–Crippen MR) is 96.5 cm³/mol. The van der Waals surface area contributed by atoms with Gasteiger partial charge in [0.05, 0.1) is 12.3 Å². The van der Waals surface area contributed by atoms with Gasteiger partial charge >= 0.3 is 5.97 Å². The zero-order valence-corrected chi connectivity index (χ0v) is 15.1. The van der Waals surface area contributed by atoms with E-state index < -0.39 is 29.6 Å². The summed E-state index contributed by atoms with van der Waals surface area (Å²) in [5.74, 6) is -2.23. The lowest BCUT2D eigenvalue weighted by atomic mass is 10.1. The molecule has 7 heteroatoms. The average molecular weight is 377 g/mol. The third-order valence-corrected chi connectivity index (χ3v) is 3.74. The fraction of sp³-hybridized carbons (Fsp3) is 0.300. The molecule has 1 N–H and O–H groups in total. The van der Waals surface area contributed by atoms with Gasteiger partial charge in [0, 0.05) is 12.5 Å². The van der Waals surface area contributed by atoms with Crippen LogP contribution in [0.25, 0.3) is 0 Å². The molecule has 0 radical (unpaired) electrons. The maximum atomic E-state index is 13.6. The van der Waals surface area contributed by atoms with Crippen LogP contribution < -0.4 is 10.1 Å². The molecule has 1 amide bonds. The first-order valence-electron chi connectivity index (χ1n) is 8.56. The van der Waals surface area contributed by atoms with Gasteiger partial charge < -0.3 is 14.8 Å². The van der Waals surface area contributed by atoms with Crippen LogP contribution in [0.5, 0.6) is 5.75 Å². The molecule has 0 aliphatic rings. The van der Waals surface area contributed by atoms with Crippen LogP contribution in [0, 0.1) is 11.6 Å². The zero-order chi connectivity index (χ0) is 19.8. The van der Waals surface area contributed by atoms with Crippen molar-refractivity contribution >= 4 is 17.6 Å².